The van der Waals surface area contributed by atoms with Crippen molar-refractivity contribution in [3.8, 4) is 11.8 Å². The molecule has 1 N–H and O–H groups in total. The van der Waals surface area contributed by atoms with E-state index in [1.54, 1.807) is 43.3 Å². The van der Waals surface area contributed by atoms with Crippen LogP contribution in [0.1, 0.15) is 28.4 Å². The Morgan fingerprint density at radius 3 is 2.26 bits per heavy atom. The standard InChI is InChI=1S/C26H19Br2FN2O4/c1-2-34-26(33)18-5-9-21(10-6-18)31-25(32)19(14-30)11-17-12-22(27)24(23(28)13-17)35-15-16-3-7-20(29)8-4-16/h3-13H,2,15H2,1H3,(H,31,32)/b19-11+. The second-order valence-corrected chi connectivity index (χ2v) is 8.86. The number of nitrogens with one attached hydrogen (secondary N) is 1. The first kappa shape index (κ1) is 26.1. The molecule has 0 radical (unpaired) electrons. The largest absolute Gasteiger partial charge is 0.487 e. The zero-order valence-electron chi connectivity index (χ0n) is 18.5. The van der Waals surface area contributed by atoms with Crippen molar-refractivity contribution in [2.24, 2.45) is 0 Å². The summed E-state index contributed by atoms with van der Waals surface area (Å²) >= 11 is 6.90. The predicted octanol–water partition coefficient (Wildman–Crippen LogP) is 6.65. The molecule has 3 aromatic carbocycles. The van der Waals surface area contributed by atoms with Crippen molar-refractivity contribution in [2.75, 3.05) is 11.9 Å². The minimum Gasteiger partial charge on any atom is -0.487 e. The minimum absolute atomic E-state index is 0.113. The van der Waals surface area contributed by atoms with Crippen LogP contribution in [-0.2, 0) is 16.1 Å². The summed E-state index contributed by atoms with van der Waals surface area (Å²) in [4.78, 5) is 24.4. The predicted molar refractivity (Wildman–Crippen MR) is 137 cm³/mol. The summed E-state index contributed by atoms with van der Waals surface area (Å²) in [5, 5.41) is 12.2. The molecule has 0 bridgehead atoms. The Hall–Kier alpha value is -3.48. The monoisotopic (exact) mass is 600 g/mol. The van der Waals surface area contributed by atoms with Crippen molar-refractivity contribution < 1.29 is 23.5 Å². The molecule has 0 saturated heterocycles. The Bertz CT molecular complexity index is 1280. The molecule has 0 atom stereocenters. The molecule has 6 nitrogen and oxygen atoms in total. The molecule has 178 valence electrons. The number of hydrogen-bond donors (Lipinski definition) is 1. The average molecular weight is 602 g/mol. The van der Waals surface area contributed by atoms with Crippen LogP contribution in [0, 0.1) is 17.1 Å². The zero-order chi connectivity index (χ0) is 25.4. The zero-order valence-corrected chi connectivity index (χ0v) is 21.7. The van der Waals surface area contributed by atoms with Gasteiger partial charge >= 0.3 is 5.97 Å². The summed E-state index contributed by atoms with van der Waals surface area (Å²) in [6, 6.07) is 17.5. The Labute approximate surface area is 218 Å². The van der Waals surface area contributed by atoms with Crippen molar-refractivity contribution in [1.29, 1.82) is 5.26 Å². The first-order valence-electron chi connectivity index (χ1n) is 10.4. The van der Waals surface area contributed by atoms with Crippen molar-refractivity contribution >= 4 is 55.5 Å². The molecule has 0 aliphatic carbocycles. The summed E-state index contributed by atoms with van der Waals surface area (Å²) in [6.45, 7) is 2.21. The van der Waals surface area contributed by atoms with E-state index in [2.05, 4.69) is 37.2 Å². The molecule has 0 aromatic heterocycles. The van der Waals surface area contributed by atoms with Crippen molar-refractivity contribution in [3.05, 3.63) is 97.7 Å². The van der Waals surface area contributed by atoms with Crippen molar-refractivity contribution in [3.63, 3.8) is 0 Å². The third-order valence-electron chi connectivity index (χ3n) is 4.65. The Morgan fingerprint density at radius 2 is 1.69 bits per heavy atom. The Kier molecular flexibility index (Phi) is 9.18. The molecule has 0 fully saturated rings. The fourth-order valence-electron chi connectivity index (χ4n) is 2.95. The first-order valence-corrected chi connectivity index (χ1v) is 12.0. The number of ether oxygens (including phenoxy) is 2. The second-order valence-electron chi connectivity index (χ2n) is 7.15. The fourth-order valence-corrected chi connectivity index (χ4v) is 4.41. The number of hydrogen-bond acceptors (Lipinski definition) is 5. The summed E-state index contributed by atoms with van der Waals surface area (Å²) in [5.41, 5.74) is 2.06. The van der Waals surface area contributed by atoms with Crippen LogP contribution in [-0.4, -0.2) is 18.5 Å². The number of nitrogens with zero attached hydrogens (tertiary/aromatic N) is 1. The molecule has 35 heavy (non-hydrogen) atoms. The summed E-state index contributed by atoms with van der Waals surface area (Å²) in [7, 11) is 0. The topological polar surface area (TPSA) is 88.4 Å². The molecule has 3 aromatic rings. The van der Waals surface area contributed by atoms with Gasteiger partial charge in [0.25, 0.3) is 5.91 Å². The maximum absolute atomic E-state index is 13.1. The van der Waals surface area contributed by atoms with Gasteiger partial charge in [-0.3, -0.25) is 4.79 Å². The molecule has 0 heterocycles. The van der Waals surface area contributed by atoms with Gasteiger partial charge in [-0.1, -0.05) is 12.1 Å². The van der Waals surface area contributed by atoms with Crippen LogP contribution in [0.2, 0.25) is 0 Å². The summed E-state index contributed by atoms with van der Waals surface area (Å²) in [5.74, 6) is -0.848. The molecule has 0 aliphatic rings. The normalized spacial score (nSPS) is 10.9. The van der Waals surface area contributed by atoms with Crippen LogP contribution < -0.4 is 10.1 Å². The maximum Gasteiger partial charge on any atom is 0.338 e. The number of benzene rings is 3. The minimum atomic E-state index is -0.597. The Balaban J connectivity index is 1.71. The number of halogens is 3. The highest BCUT2D eigenvalue weighted by molar-refractivity contribution is 9.11. The number of nitriles is 1. The van der Waals surface area contributed by atoms with E-state index >= 15 is 0 Å². The third-order valence-corrected chi connectivity index (χ3v) is 5.83. The molecule has 0 spiro atoms. The molecule has 9 heteroatoms. The van der Waals surface area contributed by atoms with E-state index in [-0.39, 0.29) is 24.6 Å². The van der Waals surface area contributed by atoms with E-state index in [1.165, 1.54) is 30.3 Å². The van der Waals surface area contributed by atoms with Gasteiger partial charge in [-0.15, -0.1) is 0 Å². The third kappa shape index (κ3) is 7.25. The van der Waals surface area contributed by atoms with E-state index in [0.29, 0.717) is 31.5 Å². The number of carbonyl (C=O) groups is 2. The van der Waals surface area contributed by atoms with Gasteiger partial charge in [0.2, 0.25) is 0 Å². The summed E-state index contributed by atoms with van der Waals surface area (Å²) in [6.07, 6.45) is 1.45. The first-order chi connectivity index (χ1) is 16.8. The molecule has 3 rings (SSSR count). The van der Waals surface area contributed by atoms with Gasteiger partial charge in [0, 0.05) is 5.69 Å². The second kappa shape index (κ2) is 12.3. The lowest BCUT2D eigenvalue weighted by molar-refractivity contribution is -0.112. The van der Waals surface area contributed by atoms with Crippen LogP contribution in [0.4, 0.5) is 10.1 Å². The highest BCUT2D eigenvalue weighted by Gasteiger charge is 2.14. The highest BCUT2D eigenvalue weighted by Crippen LogP contribution is 2.36. The van der Waals surface area contributed by atoms with Gasteiger partial charge in [0.15, 0.2) is 0 Å². The lowest BCUT2D eigenvalue weighted by atomic mass is 10.1. The molecule has 0 unspecified atom stereocenters. The van der Waals surface area contributed by atoms with Gasteiger partial charge in [0.05, 0.1) is 21.1 Å². The molecule has 0 aliphatic heterocycles. The molecular weight excluding hydrogens is 583 g/mol. The van der Waals surface area contributed by atoms with Crippen LogP contribution >= 0.6 is 31.9 Å². The van der Waals surface area contributed by atoms with Crippen LogP contribution in [0.25, 0.3) is 6.08 Å². The number of esters is 1. The Morgan fingerprint density at radius 1 is 1.06 bits per heavy atom. The van der Waals surface area contributed by atoms with Gasteiger partial charge in [-0.2, -0.15) is 5.26 Å². The number of anilines is 1. The number of carbonyl (C=O) groups excluding carboxylic acids is 2. The smallest absolute Gasteiger partial charge is 0.338 e. The van der Waals surface area contributed by atoms with Crippen LogP contribution in [0.5, 0.6) is 5.75 Å². The quantitative estimate of drug-likeness (QED) is 0.177. The summed E-state index contributed by atoms with van der Waals surface area (Å²) < 4.78 is 25.1. The van der Waals surface area contributed by atoms with E-state index in [0.717, 1.165) is 5.56 Å². The van der Waals surface area contributed by atoms with E-state index in [9.17, 15) is 19.2 Å². The maximum atomic E-state index is 13.1. The van der Waals surface area contributed by atoms with Gasteiger partial charge in [0.1, 0.15) is 29.8 Å². The van der Waals surface area contributed by atoms with Crippen LogP contribution in [0.15, 0.2) is 75.2 Å². The van der Waals surface area contributed by atoms with E-state index in [1.807, 2.05) is 6.07 Å². The van der Waals surface area contributed by atoms with E-state index in [4.69, 9.17) is 9.47 Å². The van der Waals surface area contributed by atoms with Gasteiger partial charge in [-0.05, 0) is 105 Å². The van der Waals surface area contributed by atoms with E-state index < -0.39 is 11.9 Å². The van der Waals surface area contributed by atoms with Gasteiger partial charge in [-0.25, -0.2) is 9.18 Å². The lowest BCUT2D eigenvalue weighted by Crippen LogP contribution is -2.13. The van der Waals surface area contributed by atoms with Crippen LogP contribution in [0.3, 0.4) is 0 Å². The average Bonchev–Trinajstić information content (AvgIpc) is 2.83. The lowest BCUT2D eigenvalue weighted by Gasteiger charge is -2.12. The van der Waals surface area contributed by atoms with Crippen molar-refractivity contribution in [2.45, 2.75) is 13.5 Å². The molecular formula is C26H19Br2FN2O4. The number of amides is 1. The van der Waals surface area contributed by atoms with Gasteiger partial charge < -0.3 is 14.8 Å². The SMILES string of the molecule is CCOC(=O)c1ccc(NC(=O)/C(C#N)=C/c2cc(Br)c(OCc3ccc(F)cc3)c(Br)c2)cc1. The van der Waals surface area contributed by atoms with Crippen molar-refractivity contribution in [1.82, 2.24) is 0 Å². The molecule has 0 saturated carbocycles. The fraction of sp³-hybridized carbons (Fsp3) is 0.115. The highest BCUT2D eigenvalue weighted by atomic mass is 79.9. The molecule has 1 amide bonds. The number of rotatable bonds is 8.